The van der Waals surface area contributed by atoms with Gasteiger partial charge in [0, 0.05) is 23.4 Å². The molecule has 1 unspecified atom stereocenters. The van der Waals surface area contributed by atoms with Gasteiger partial charge in [-0.2, -0.15) is 13.2 Å². The summed E-state index contributed by atoms with van der Waals surface area (Å²) in [6.45, 7) is 1.34. The number of aromatic carboxylic acids is 1. The average Bonchev–Trinajstić information content (AvgIpc) is 2.43. The van der Waals surface area contributed by atoms with Crippen molar-refractivity contribution >= 4 is 17.7 Å². The second-order valence-electron chi connectivity index (χ2n) is 3.45. The van der Waals surface area contributed by atoms with Crippen LogP contribution in [0, 0.1) is 0 Å². The summed E-state index contributed by atoms with van der Waals surface area (Å²) in [6.07, 6.45) is -5.34. The Hall–Kier alpha value is -1.17. The second kappa shape index (κ2) is 4.37. The molecule has 1 atom stereocenters. The molecule has 1 heterocycles. The first-order valence-corrected chi connectivity index (χ1v) is 4.74. The quantitative estimate of drug-likeness (QED) is 0.901. The maximum atomic E-state index is 12.1. The molecule has 0 fully saturated rings. The molecule has 1 aromatic rings. The molecule has 3 nitrogen and oxygen atoms in total. The van der Waals surface area contributed by atoms with Crippen LogP contribution >= 0.6 is 11.8 Å². The minimum atomic E-state index is -4.30. The van der Waals surface area contributed by atoms with Crippen molar-refractivity contribution in [2.75, 3.05) is 0 Å². The molecule has 0 aromatic carbocycles. The number of carbonyl (C=O) groups is 1. The molecule has 0 saturated carbocycles. The van der Waals surface area contributed by atoms with E-state index >= 15 is 0 Å². The third-order valence-electron chi connectivity index (χ3n) is 2.11. The fourth-order valence-corrected chi connectivity index (χ4v) is 1.75. The lowest BCUT2D eigenvalue weighted by molar-refractivity contribution is -0.138. The molecule has 0 saturated heterocycles. The Morgan fingerprint density at radius 3 is 2.50 bits per heavy atom. The van der Waals surface area contributed by atoms with E-state index in [-0.39, 0.29) is 11.4 Å². The van der Waals surface area contributed by atoms with Crippen LogP contribution in [0.4, 0.5) is 13.2 Å². The molecule has 16 heavy (non-hydrogen) atoms. The van der Waals surface area contributed by atoms with Gasteiger partial charge in [0.1, 0.15) is 5.69 Å². The van der Waals surface area contributed by atoms with Crippen LogP contribution in [0.5, 0.6) is 0 Å². The van der Waals surface area contributed by atoms with E-state index in [4.69, 9.17) is 16.9 Å². The monoisotopic (exact) mass is 255 g/mol. The van der Waals surface area contributed by atoms with Gasteiger partial charge in [0.05, 0.1) is 6.42 Å². The van der Waals surface area contributed by atoms with E-state index in [1.165, 1.54) is 19.1 Å². The lowest BCUT2D eigenvalue weighted by atomic mass is 10.0. The van der Waals surface area contributed by atoms with Crippen LogP contribution < -0.4 is 0 Å². The number of rotatable bonds is 3. The Morgan fingerprint density at radius 2 is 2.12 bits per heavy atom. The van der Waals surface area contributed by atoms with Gasteiger partial charge in [0.15, 0.2) is 0 Å². The second-order valence-corrected chi connectivity index (χ2v) is 3.79. The van der Waals surface area contributed by atoms with Gasteiger partial charge in [-0.3, -0.25) is 4.09 Å². The van der Waals surface area contributed by atoms with E-state index in [1.54, 1.807) is 0 Å². The van der Waals surface area contributed by atoms with Crippen molar-refractivity contribution in [3.63, 3.8) is 0 Å². The van der Waals surface area contributed by atoms with Gasteiger partial charge in [-0.05, 0) is 12.1 Å². The molecule has 1 aromatic heterocycles. The Morgan fingerprint density at radius 1 is 1.56 bits per heavy atom. The highest BCUT2D eigenvalue weighted by atomic mass is 35.5. The minimum Gasteiger partial charge on any atom is -0.477 e. The highest BCUT2D eigenvalue weighted by Gasteiger charge is 2.32. The van der Waals surface area contributed by atoms with E-state index in [0.717, 1.165) is 4.09 Å². The molecule has 0 aliphatic heterocycles. The number of hydrogen-bond donors (Lipinski definition) is 1. The van der Waals surface area contributed by atoms with Crippen molar-refractivity contribution in [3.8, 4) is 0 Å². The lowest BCUT2D eigenvalue weighted by Gasteiger charge is -2.14. The molecule has 0 aliphatic carbocycles. The molecule has 90 valence electrons. The Balaban J connectivity index is 2.93. The standard InChI is InChI=1S/C9H9ClF3NO2/c1-5(4-9(11,12)13)6-2-3-7(8(15)16)14(6)10/h2-3,5H,4H2,1H3,(H,15,16). The van der Waals surface area contributed by atoms with Gasteiger partial charge in [-0.1, -0.05) is 6.92 Å². The summed E-state index contributed by atoms with van der Waals surface area (Å²) in [7, 11) is 0. The van der Waals surface area contributed by atoms with Crippen molar-refractivity contribution in [1.82, 2.24) is 4.09 Å². The van der Waals surface area contributed by atoms with Crippen LogP contribution in [-0.4, -0.2) is 21.3 Å². The molecule has 7 heteroatoms. The van der Waals surface area contributed by atoms with Crippen molar-refractivity contribution in [2.45, 2.75) is 25.4 Å². The van der Waals surface area contributed by atoms with Crippen LogP contribution in [0.2, 0.25) is 0 Å². The third-order valence-corrected chi connectivity index (χ3v) is 2.49. The Labute approximate surface area is 94.5 Å². The van der Waals surface area contributed by atoms with Gasteiger partial charge in [0.2, 0.25) is 0 Å². The summed E-state index contributed by atoms with van der Waals surface area (Å²) < 4.78 is 37.1. The molecule has 0 radical (unpaired) electrons. The Kier molecular flexibility index (Phi) is 3.52. The van der Waals surface area contributed by atoms with Gasteiger partial charge in [0.25, 0.3) is 0 Å². The van der Waals surface area contributed by atoms with Gasteiger partial charge in [-0.25, -0.2) is 4.79 Å². The van der Waals surface area contributed by atoms with Crippen molar-refractivity contribution in [2.24, 2.45) is 0 Å². The SMILES string of the molecule is CC(CC(F)(F)F)c1ccc(C(=O)O)n1Cl. The maximum absolute atomic E-state index is 12.1. The Bertz CT molecular complexity index is 400. The summed E-state index contributed by atoms with van der Waals surface area (Å²) in [5.41, 5.74) is -0.109. The molecular formula is C9H9ClF3NO2. The van der Waals surface area contributed by atoms with E-state index in [9.17, 15) is 18.0 Å². The van der Waals surface area contributed by atoms with Crippen molar-refractivity contribution in [1.29, 1.82) is 0 Å². The topological polar surface area (TPSA) is 42.2 Å². The van der Waals surface area contributed by atoms with Crippen LogP contribution in [-0.2, 0) is 0 Å². The number of halogens is 4. The number of nitrogens with zero attached hydrogens (tertiary/aromatic N) is 1. The molecule has 0 aliphatic rings. The highest BCUT2D eigenvalue weighted by Crippen LogP contribution is 2.32. The van der Waals surface area contributed by atoms with E-state index in [0.29, 0.717) is 0 Å². The van der Waals surface area contributed by atoms with E-state index in [2.05, 4.69) is 0 Å². The van der Waals surface area contributed by atoms with Crippen LogP contribution in [0.3, 0.4) is 0 Å². The molecule has 0 amide bonds. The molecular weight excluding hydrogens is 247 g/mol. The molecule has 1 N–H and O–H groups in total. The number of aromatic nitrogens is 1. The zero-order valence-electron chi connectivity index (χ0n) is 8.25. The van der Waals surface area contributed by atoms with Crippen molar-refractivity contribution in [3.05, 3.63) is 23.5 Å². The molecule has 0 spiro atoms. The van der Waals surface area contributed by atoms with E-state index < -0.39 is 24.5 Å². The molecule has 1 rings (SSSR count). The fourth-order valence-electron chi connectivity index (χ4n) is 1.40. The predicted octanol–water partition coefficient (Wildman–Crippen LogP) is 3.24. The maximum Gasteiger partial charge on any atom is 0.389 e. The summed E-state index contributed by atoms with van der Waals surface area (Å²) in [4.78, 5) is 10.6. The number of carboxylic acid groups (broad SMARTS) is 1. The summed E-state index contributed by atoms with van der Waals surface area (Å²) >= 11 is 5.61. The van der Waals surface area contributed by atoms with Gasteiger partial charge in [-0.15, -0.1) is 0 Å². The van der Waals surface area contributed by atoms with Crippen LogP contribution in [0.1, 0.15) is 35.4 Å². The zero-order valence-corrected chi connectivity index (χ0v) is 9.01. The lowest BCUT2D eigenvalue weighted by Crippen LogP contribution is -2.14. The normalized spacial score (nSPS) is 13.8. The van der Waals surface area contributed by atoms with Crippen LogP contribution in [0.15, 0.2) is 12.1 Å². The van der Waals surface area contributed by atoms with Gasteiger partial charge < -0.3 is 5.11 Å². The largest absolute Gasteiger partial charge is 0.477 e. The van der Waals surface area contributed by atoms with Gasteiger partial charge >= 0.3 is 12.1 Å². The highest BCUT2D eigenvalue weighted by molar-refractivity contribution is 6.18. The average molecular weight is 256 g/mol. The zero-order chi connectivity index (χ0) is 12.5. The first-order valence-electron chi connectivity index (χ1n) is 4.40. The summed E-state index contributed by atoms with van der Waals surface area (Å²) in [5, 5.41) is 8.67. The van der Waals surface area contributed by atoms with Crippen LogP contribution in [0.25, 0.3) is 0 Å². The van der Waals surface area contributed by atoms with E-state index in [1.807, 2.05) is 0 Å². The summed E-state index contributed by atoms with van der Waals surface area (Å²) in [5.74, 6) is -2.16. The fraction of sp³-hybridized carbons (Fsp3) is 0.444. The minimum absolute atomic E-state index is 0.136. The first kappa shape index (κ1) is 12.9. The number of alkyl halides is 3. The first-order chi connectivity index (χ1) is 7.22. The predicted molar refractivity (Wildman–Crippen MR) is 51.7 cm³/mol. The smallest absolute Gasteiger partial charge is 0.389 e. The summed E-state index contributed by atoms with van der Waals surface area (Å²) in [6, 6.07) is 2.46. The number of carboxylic acids is 1. The third kappa shape index (κ3) is 2.91. The molecule has 0 bridgehead atoms. The number of hydrogen-bond acceptors (Lipinski definition) is 1. The van der Waals surface area contributed by atoms with Crippen molar-refractivity contribution < 1.29 is 23.1 Å².